The van der Waals surface area contributed by atoms with E-state index >= 15 is 0 Å². The van der Waals surface area contributed by atoms with Crippen molar-refractivity contribution in [3.8, 4) is 0 Å². The molecule has 36 heavy (non-hydrogen) atoms. The quantitative estimate of drug-likeness (QED) is 0.610. The van der Waals surface area contributed by atoms with E-state index in [1.165, 1.54) is 10.5 Å². The van der Waals surface area contributed by atoms with Gasteiger partial charge in [0.05, 0.1) is 18.2 Å². The molecule has 2 aliphatic heterocycles. The number of hydrogen-bond donors (Lipinski definition) is 1. The lowest BCUT2D eigenvalue weighted by molar-refractivity contribution is -0.139. The molecule has 1 aliphatic carbocycles. The van der Waals surface area contributed by atoms with Gasteiger partial charge in [0.2, 0.25) is 5.91 Å². The van der Waals surface area contributed by atoms with Crippen LogP contribution in [0.4, 0.5) is 4.79 Å². The molecule has 1 saturated heterocycles. The monoisotopic (exact) mass is 496 g/mol. The Morgan fingerprint density at radius 2 is 1.78 bits per heavy atom. The number of nitrogens with one attached hydrogen (secondary N) is 1. The predicted molar refractivity (Wildman–Crippen MR) is 138 cm³/mol. The molecular weight excluding hydrogens is 456 g/mol. The Hall–Kier alpha value is -2.87. The number of benzene rings is 1. The first kappa shape index (κ1) is 26.2. The van der Waals surface area contributed by atoms with Crippen LogP contribution in [0, 0.1) is 5.92 Å². The second kappa shape index (κ2) is 10.2. The number of rotatable bonds is 6. The van der Waals surface area contributed by atoms with Crippen molar-refractivity contribution in [1.82, 2.24) is 20.0 Å². The Morgan fingerprint density at radius 1 is 1.11 bits per heavy atom. The molecule has 1 N–H and O–H groups in total. The van der Waals surface area contributed by atoms with Crippen LogP contribution < -0.4 is 5.32 Å². The van der Waals surface area contributed by atoms with E-state index in [0.29, 0.717) is 37.4 Å². The lowest BCUT2D eigenvalue weighted by Crippen LogP contribution is -2.56. The van der Waals surface area contributed by atoms with Crippen molar-refractivity contribution < 1.29 is 19.1 Å². The molecule has 1 aromatic carbocycles. The predicted octanol–water partition coefficient (Wildman–Crippen LogP) is 3.44. The van der Waals surface area contributed by atoms with Gasteiger partial charge in [-0.3, -0.25) is 14.6 Å². The molecule has 0 spiro atoms. The van der Waals surface area contributed by atoms with Crippen LogP contribution >= 0.6 is 0 Å². The zero-order chi connectivity index (χ0) is 26.2. The van der Waals surface area contributed by atoms with E-state index in [1.807, 2.05) is 17.0 Å². The van der Waals surface area contributed by atoms with Gasteiger partial charge in [-0.1, -0.05) is 45.0 Å². The maximum Gasteiger partial charge on any atom is 0.338 e. The van der Waals surface area contributed by atoms with Crippen molar-refractivity contribution in [2.45, 2.75) is 65.0 Å². The third-order valence-electron chi connectivity index (χ3n) is 7.48. The number of ether oxygens (including phenoxy) is 1. The Morgan fingerprint density at radius 3 is 2.33 bits per heavy atom. The first-order chi connectivity index (χ1) is 17.0. The van der Waals surface area contributed by atoms with E-state index in [1.54, 1.807) is 14.0 Å². The van der Waals surface area contributed by atoms with Crippen LogP contribution in [0.2, 0.25) is 0 Å². The van der Waals surface area contributed by atoms with Crippen molar-refractivity contribution in [3.63, 3.8) is 0 Å². The van der Waals surface area contributed by atoms with Gasteiger partial charge in [-0.15, -0.1) is 0 Å². The number of nitrogens with zero attached hydrogens (tertiary/aromatic N) is 3. The molecule has 2 heterocycles. The molecule has 3 aliphatic rings. The van der Waals surface area contributed by atoms with Crippen LogP contribution in [0.5, 0.6) is 0 Å². The third-order valence-corrected chi connectivity index (χ3v) is 7.48. The average molecular weight is 497 g/mol. The average Bonchev–Trinajstić information content (AvgIpc) is 3.67. The third kappa shape index (κ3) is 5.43. The summed E-state index contributed by atoms with van der Waals surface area (Å²) in [5.74, 6) is 0.0529. The van der Waals surface area contributed by atoms with E-state index in [4.69, 9.17) is 4.74 Å². The number of carbonyl (C=O) groups is 3. The Bertz CT molecular complexity index is 1040. The lowest BCUT2D eigenvalue weighted by Gasteiger charge is -2.42. The van der Waals surface area contributed by atoms with Crippen LogP contribution in [-0.4, -0.2) is 78.5 Å². The number of likely N-dealkylation sites (N-methyl/N-ethyl adjacent to an activating group) is 1. The first-order valence-electron chi connectivity index (χ1n) is 13.1. The summed E-state index contributed by atoms with van der Waals surface area (Å²) in [6, 6.07) is 7.32. The maximum absolute atomic E-state index is 13.3. The molecule has 1 aromatic rings. The van der Waals surface area contributed by atoms with Crippen molar-refractivity contribution in [1.29, 1.82) is 0 Å². The Balaban J connectivity index is 1.63. The molecular formula is C28H40N4O4. The summed E-state index contributed by atoms with van der Waals surface area (Å²) in [7, 11) is 1.69. The first-order valence-corrected chi connectivity index (χ1v) is 13.1. The van der Waals surface area contributed by atoms with Crippen LogP contribution in [0.25, 0.3) is 0 Å². The van der Waals surface area contributed by atoms with Crippen molar-refractivity contribution in [2.24, 2.45) is 5.92 Å². The number of piperazine rings is 1. The van der Waals surface area contributed by atoms with Crippen molar-refractivity contribution >= 4 is 17.9 Å². The van der Waals surface area contributed by atoms with Gasteiger partial charge >= 0.3 is 12.0 Å². The highest BCUT2D eigenvalue weighted by Crippen LogP contribution is 2.34. The number of carbonyl (C=O) groups excluding carboxylic acids is 3. The van der Waals surface area contributed by atoms with Crippen LogP contribution in [0.3, 0.4) is 0 Å². The molecule has 2 fully saturated rings. The van der Waals surface area contributed by atoms with Crippen LogP contribution in [0.1, 0.15) is 64.6 Å². The van der Waals surface area contributed by atoms with Gasteiger partial charge < -0.3 is 15.0 Å². The molecule has 1 saturated carbocycles. The summed E-state index contributed by atoms with van der Waals surface area (Å²) >= 11 is 0. The van der Waals surface area contributed by atoms with Gasteiger partial charge in [0.1, 0.15) is 0 Å². The molecule has 8 nitrogen and oxygen atoms in total. The molecule has 0 bridgehead atoms. The van der Waals surface area contributed by atoms with Crippen LogP contribution in [0.15, 0.2) is 35.5 Å². The highest BCUT2D eigenvalue weighted by Gasteiger charge is 2.40. The molecule has 196 valence electrons. The summed E-state index contributed by atoms with van der Waals surface area (Å²) < 4.78 is 5.47. The topological polar surface area (TPSA) is 82.2 Å². The van der Waals surface area contributed by atoms with E-state index in [-0.39, 0.29) is 35.9 Å². The summed E-state index contributed by atoms with van der Waals surface area (Å²) in [5.41, 5.74) is 3.14. The SMILES string of the molecule is CCOC(=O)C1=C(CN2CCN(C(=O)C3CC3)C(C)C2)N(C)C(=O)NC1c1ccc(C(C)(C)C)cc1. The van der Waals surface area contributed by atoms with Gasteiger partial charge in [-0.05, 0) is 43.2 Å². The fraction of sp³-hybridized carbons (Fsp3) is 0.607. The molecule has 0 radical (unpaired) electrons. The van der Waals surface area contributed by atoms with Gasteiger partial charge in [-0.25, -0.2) is 9.59 Å². The van der Waals surface area contributed by atoms with E-state index < -0.39 is 12.0 Å². The highest BCUT2D eigenvalue weighted by atomic mass is 16.5. The normalized spacial score (nSPS) is 23.6. The number of urea groups is 1. The second-order valence-electron chi connectivity index (χ2n) is 11.3. The number of esters is 1. The minimum Gasteiger partial charge on any atom is -0.463 e. The summed E-state index contributed by atoms with van der Waals surface area (Å²) in [6.45, 7) is 13.1. The number of amides is 3. The van der Waals surface area contributed by atoms with Gasteiger partial charge in [0, 0.05) is 50.9 Å². The maximum atomic E-state index is 13.3. The van der Waals surface area contributed by atoms with Crippen LogP contribution in [-0.2, 0) is 19.7 Å². The zero-order valence-electron chi connectivity index (χ0n) is 22.5. The highest BCUT2D eigenvalue weighted by molar-refractivity contribution is 5.95. The van der Waals surface area contributed by atoms with E-state index in [2.05, 4.69) is 50.0 Å². The Kier molecular flexibility index (Phi) is 7.46. The van der Waals surface area contributed by atoms with Gasteiger partial charge in [0.15, 0.2) is 0 Å². The Labute approximate surface area is 214 Å². The molecule has 4 rings (SSSR count). The molecule has 2 atom stereocenters. The van der Waals surface area contributed by atoms with Gasteiger partial charge in [-0.2, -0.15) is 0 Å². The van der Waals surface area contributed by atoms with Crippen molar-refractivity contribution in [2.75, 3.05) is 39.8 Å². The minimum absolute atomic E-state index is 0.000734. The van der Waals surface area contributed by atoms with Gasteiger partial charge in [0.25, 0.3) is 0 Å². The minimum atomic E-state index is -0.591. The zero-order valence-corrected chi connectivity index (χ0v) is 22.5. The summed E-state index contributed by atoms with van der Waals surface area (Å²) in [5, 5.41) is 3.00. The summed E-state index contributed by atoms with van der Waals surface area (Å²) in [6.07, 6.45) is 2.00. The fourth-order valence-electron chi connectivity index (χ4n) is 5.10. The lowest BCUT2D eigenvalue weighted by atomic mass is 9.85. The molecule has 8 heteroatoms. The van der Waals surface area contributed by atoms with E-state index in [9.17, 15) is 14.4 Å². The number of hydrogen-bond acceptors (Lipinski definition) is 5. The molecule has 3 amide bonds. The largest absolute Gasteiger partial charge is 0.463 e. The van der Waals surface area contributed by atoms with Crippen molar-refractivity contribution in [3.05, 3.63) is 46.7 Å². The molecule has 0 aromatic heterocycles. The smallest absolute Gasteiger partial charge is 0.338 e. The standard InChI is InChI=1S/C28H40N4O4/c1-7-36-26(34)23-22(17-31-14-15-32(18(2)16-31)25(33)20-8-9-20)30(6)27(35)29-24(23)19-10-12-21(13-11-19)28(3,4)5/h10-13,18,20,24H,7-9,14-17H2,1-6H3,(H,29,35). The molecule has 2 unspecified atom stereocenters. The van der Waals surface area contributed by atoms with E-state index in [0.717, 1.165) is 18.4 Å². The summed E-state index contributed by atoms with van der Waals surface area (Å²) in [4.78, 5) is 44.7. The fourth-order valence-corrected chi connectivity index (χ4v) is 5.10. The second-order valence-corrected chi connectivity index (χ2v) is 11.3.